The number of rotatable bonds is 9. The van der Waals surface area contributed by atoms with E-state index in [1.807, 2.05) is 13.8 Å². The van der Waals surface area contributed by atoms with Crippen LogP contribution >= 0.6 is 0 Å². The zero-order chi connectivity index (χ0) is 14.3. The van der Waals surface area contributed by atoms with Gasteiger partial charge < -0.3 is 9.73 Å². The largest absolute Gasteiger partial charge is 0.444 e. The van der Waals surface area contributed by atoms with Crippen molar-refractivity contribution in [1.82, 2.24) is 15.0 Å². The van der Waals surface area contributed by atoms with Gasteiger partial charge in [0.15, 0.2) is 0 Å². The van der Waals surface area contributed by atoms with Crippen LogP contribution in [0.4, 0.5) is 0 Å². The maximum absolute atomic E-state index is 11.7. The summed E-state index contributed by atoms with van der Waals surface area (Å²) in [5, 5.41) is 3.16. The summed E-state index contributed by atoms with van der Waals surface area (Å²) < 4.78 is 31.3. The summed E-state index contributed by atoms with van der Waals surface area (Å²) in [6, 6.07) is 0. The van der Waals surface area contributed by atoms with E-state index in [0.717, 1.165) is 31.0 Å². The molecule has 0 aliphatic heterocycles. The first-order chi connectivity index (χ1) is 8.94. The van der Waals surface area contributed by atoms with Crippen LogP contribution in [0, 0.1) is 13.8 Å². The van der Waals surface area contributed by atoms with Crippen molar-refractivity contribution in [2.75, 3.05) is 18.8 Å². The Morgan fingerprint density at radius 3 is 2.58 bits per heavy atom. The predicted octanol–water partition coefficient (Wildman–Crippen LogP) is 1.10. The van der Waals surface area contributed by atoms with Gasteiger partial charge in [0, 0.05) is 0 Å². The lowest BCUT2D eigenvalue weighted by Crippen LogP contribution is -2.26. The van der Waals surface area contributed by atoms with Crippen LogP contribution in [0.1, 0.15) is 37.1 Å². The first kappa shape index (κ1) is 16.1. The molecule has 0 unspecified atom stereocenters. The van der Waals surface area contributed by atoms with E-state index in [0.29, 0.717) is 12.3 Å². The highest BCUT2D eigenvalue weighted by Gasteiger charge is 2.12. The number of aromatic nitrogens is 1. The smallest absolute Gasteiger partial charge is 0.212 e. The minimum Gasteiger partial charge on any atom is -0.444 e. The molecule has 0 aromatic carbocycles. The molecule has 0 fully saturated rings. The van der Waals surface area contributed by atoms with E-state index in [-0.39, 0.29) is 12.3 Å². The Hall–Kier alpha value is -0.920. The van der Waals surface area contributed by atoms with Gasteiger partial charge in [0.2, 0.25) is 15.9 Å². The van der Waals surface area contributed by atoms with Crippen LogP contribution in [0.25, 0.3) is 0 Å². The Morgan fingerprint density at radius 1 is 1.26 bits per heavy atom. The van der Waals surface area contributed by atoms with Gasteiger partial charge in [0.05, 0.1) is 18.0 Å². The van der Waals surface area contributed by atoms with Gasteiger partial charge in [0.1, 0.15) is 5.76 Å². The van der Waals surface area contributed by atoms with Crippen LogP contribution in [-0.2, 0) is 16.6 Å². The normalized spacial score (nSPS) is 11.9. The maximum Gasteiger partial charge on any atom is 0.212 e. The molecular formula is C12H23N3O3S. The van der Waals surface area contributed by atoms with Gasteiger partial charge in [-0.2, -0.15) is 0 Å². The Bertz CT molecular complexity index is 463. The summed E-state index contributed by atoms with van der Waals surface area (Å²) in [5.41, 5.74) is 0.792. The second-order valence-corrected chi connectivity index (χ2v) is 6.38. The molecule has 19 heavy (non-hydrogen) atoms. The van der Waals surface area contributed by atoms with Crippen molar-refractivity contribution in [1.29, 1.82) is 0 Å². The summed E-state index contributed by atoms with van der Waals surface area (Å²) in [5.74, 6) is 1.27. The van der Waals surface area contributed by atoms with E-state index in [4.69, 9.17) is 4.42 Å². The van der Waals surface area contributed by atoms with E-state index in [2.05, 4.69) is 15.0 Å². The molecule has 7 heteroatoms. The Balaban J connectivity index is 2.30. The van der Waals surface area contributed by atoms with Gasteiger partial charge >= 0.3 is 0 Å². The van der Waals surface area contributed by atoms with Crippen molar-refractivity contribution in [3.63, 3.8) is 0 Å². The highest BCUT2D eigenvalue weighted by atomic mass is 32.2. The molecule has 1 aromatic rings. The topological polar surface area (TPSA) is 84.2 Å². The number of unbranched alkanes of at least 4 members (excludes halogenated alkanes) is 1. The van der Waals surface area contributed by atoms with Crippen LogP contribution in [0.3, 0.4) is 0 Å². The molecule has 2 N–H and O–H groups in total. The number of sulfonamides is 1. The third-order valence-corrected chi connectivity index (χ3v) is 4.19. The van der Waals surface area contributed by atoms with E-state index in [1.165, 1.54) is 0 Å². The maximum atomic E-state index is 11.7. The van der Waals surface area contributed by atoms with Crippen molar-refractivity contribution < 1.29 is 12.8 Å². The third-order valence-electron chi connectivity index (χ3n) is 2.78. The molecule has 0 amide bonds. The van der Waals surface area contributed by atoms with Gasteiger partial charge in [-0.1, -0.05) is 6.92 Å². The van der Waals surface area contributed by atoms with Crippen molar-refractivity contribution in [2.45, 2.75) is 40.2 Å². The lowest BCUT2D eigenvalue weighted by Gasteiger charge is -2.05. The molecular weight excluding hydrogens is 266 g/mol. The second-order valence-electron chi connectivity index (χ2n) is 4.45. The Morgan fingerprint density at radius 2 is 2.00 bits per heavy atom. The average molecular weight is 289 g/mol. The molecule has 1 heterocycles. The fraction of sp³-hybridized carbons (Fsp3) is 0.750. The Kier molecular flexibility index (Phi) is 6.47. The van der Waals surface area contributed by atoms with E-state index >= 15 is 0 Å². The summed E-state index contributed by atoms with van der Waals surface area (Å²) in [4.78, 5) is 4.13. The van der Waals surface area contributed by atoms with Gasteiger partial charge in [-0.3, -0.25) is 0 Å². The summed E-state index contributed by atoms with van der Waals surface area (Å²) in [6.45, 7) is 7.54. The number of nitrogens with one attached hydrogen (secondary N) is 2. The molecule has 0 bridgehead atoms. The minimum absolute atomic E-state index is 0.115. The van der Waals surface area contributed by atoms with Crippen molar-refractivity contribution in [3.05, 3.63) is 17.3 Å². The van der Waals surface area contributed by atoms with Crippen LogP contribution in [-0.4, -0.2) is 32.2 Å². The Labute approximate surface area is 115 Å². The molecule has 6 nitrogen and oxygen atoms in total. The first-order valence-corrected chi connectivity index (χ1v) is 8.21. The molecule has 0 saturated heterocycles. The number of nitrogens with zero attached hydrogens (tertiary/aromatic N) is 1. The fourth-order valence-corrected chi connectivity index (χ4v) is 2.65. The SMILES string of the molecule is CCNCCCCS(=O)(=O)NCc1nc(C)c(C)o1. The van der Waals surface area contributed by atoms with Crippen LogP contribution in [0.2, 0.25) is 0 Å². The number of aryl methyl sites for hydroxylation is 2. The molecule has 0 aliphatic rings. The summed E-state index contributed by atoms with van der Waals surface area (Å²) in [7, 11) is -3.25. The molecule has 0 radical (unpaired) electrons. The number of hydrogen-bond acceptors (Lipinski definition) is 5. The number of hydrogen-bond donors (Lipinski definition) is 2. The standard InChI is InChI=1S/C12H23N3O3S/c1-4-13-7-5-6-8-19(16,17)14-9-12-15-10(2)11(3)18-12/h13-14H,4-9H2,1-3H3. The van der Waals surface area contributed by atoms with Crippen LogP contribution in [0.5, 0.6) is 0 Å². The highest BCUT2D eigenvalue weighted by molar-refractivity contribution is 7.89. The van der Waals surface area contributed by atoms with Gasteiger partial charge in [-0.05, 0) is 39.8 Å². The van der Waals surface area contributed by atoms with E-state index in [1.54, 1.807) is 6.92 Å². The average Bonchev–Trinajstić information content (AvgIpc) is 2.66. The van der Waals surface area contributed by atoms with Gasteiger partial charge in [0.25, 0.3) is 0 Å². The van der Waals surface area contributed by atoms with E-state index in [9.17, 15) is 8.42 Å². The molecule has 1 rings (SSSR count). The summed E-state index contributed by atoms with van der Waals surface area (Å²) >= 11 is 0. The monoisotopic (exact) mass is 289 g/mol. The second kappa shape index (κ2) is 7.62. The lowest BCUT2D eigenvalue weighted by molar-refractivity contribution is 0.462. The highest BCUT2D eigenvalue weighted by Crippen LogP contribution is 2.08. The number of oxazole rings is 1. The third kappa shape index (κ3) is 6.17. The zero-order valence-corrected chi connectivity index (χ0v) is 12.6. The quantitative estimate of drug-likeness (QED) is 0.665. The predicted molar refractivity (Wildman–Crippen MR) is 74.4 cm³/mol. The molecule has 0 atom stereocenters. The first-order valence-electron chi connectivity index (χ1n) is 6.55. The van der Waals surface area contributed by atoms with Crippen molar-refractivity contribution >= 4 is 10.0 Å². The van der Waals surface area contributed by atoms with Crippen LogP contribution in [0.15, 0.2) is 4.42 Å². The fourth-order valence-electron chi connectivity index (χ4n) is 1.58. The zero-order valence-electron chi connectivity index (χ0n) is 11.8. The van der Waals surface area contributed by atoms with Gasteiger partial charge in [-0.25, -0.2) is 18.1 Å². The molecule has 0 saturated carbocycles. The van der Waals surface area contributed by atoms with Gasteiger partial charge in [-0.15, -0.1) is 0 Å². The lowest BCUT2D eigenvalue weighted by atomic mass is 10.3. The minimum atomic E-state index is -3.25. The van der Waals surface area contributed by atoms with Crippen molar-refractivity contribution in [3.8, 4) is 0 Å². The molecule has 0 aliphatic carbocycles. The molecule has 0 spiro atoms. The molecule has 110 valence electrons. The summed E-state index contributed by atoms with van der Waals surface area (Å²) in [6.07, 6.45) is 1.50. The van der Waals surface area contributed by atoms with Crippen LogP contribution < -0.4 is 10.0 Å². The van der Waals surface area contributed by atoms with E-state index < -0.39 is 10.0 Å². The molecule has 1 aromatic heterocycles. The van der Waals surface area contributed by atoms with Crippen molar-refractivity contribution in [2.24, 2.45) is 0 Å².